The summed E-state index contributed by atoms with van der Waals surface area (Å²) in [7, 11) is 0. The van der Waals surface area contributed by atoms with Crippen molar-refractivity contribution in [2.24, 2.45) is 17.8 Å². The van der Waals surface area contributed by atoms with E-state index in [0.717, 1.165) is 44.9 Å². The number of rotatable bonds is 0. The van der Waals surface area contributed by atoms with E-state index in [0.29, 0.717) is 57.1 Å². The number of ketones is 1. The molecule has 3 heterocycles. The molecule has 0 radical (unpaired) electrons. The highest BCUT2D eigenvalue weighted by Gasteiger charge is 2.37. The number of fused-ring (bicyclic) bond motifs is 3. The number of carbonyl (C=O) groups excluding carboxylic acids is 3. The Hall–Kier alpha value is -1.69. The standard InChI is InChI=1S/C29H47NO5/c1-20-8-12-24(31)13-9-22(3)19-34-29(33)26-7-5-6-16-30(26)28(32)18-27-23(4)11-15-25(35-27)14-10-21(2)17-20/h8,21-23,25-27H,5-7,9-19H2,1-4H3. The topological polar surface area (TPSA) is 72.9 Å². The third-order valence-corrected chi connectivity index (χ3v) is 8.17. The Labute approximate surface area is 212 Å². The first kappa shape index (κ1) is 27.9. The second-order valence-corrected chi connectivity index (χ2v) is 11.6. The Morgan fingerprint density at radius 2 is 1.66 bits per heavy atom. The van der Waals surface area contributed by atoms with E-state index in [1.165, 1.54) is 5.57 Å². The second-order valence-electron chi connectivity index (χ2n) is 11.6. The minimum Gasteiger partial charge on any atom is -0.464 e. The molecule has 6 unspecified atom stereocenters. The molecule has 0 aromatic heterocycles. The summed E-state index contributed by atoms with van der Waals surface area (Å²) >= 11 is 0. The van der Waals surface area contributed by atoms with Gasteiger partial charge in [0.15, 0.2) is 0 Å². The van der Waals surface area contributed by atoms with Gasteiger partial charge in [-0.05, 0) is 82.5 Å². The molecule has 3 aliphatic heterocycles. The zero-order valence-electron chi connectivity index (χ0n) is 22.4. The summed E-state index contributed by atoms with van der Waals surface area (Å²) in [6.45, 7) is 9.49. The van der Waals surface area contributed by atoms with E-state index in [2.05, 4.69) is 26.8 Å². The Balaban J connectivity index is 1.71. The van der Waals surface area contributed by atoms with Gasteiger partial charge in [0.25, 0.3) is 0 Å². The van der Waals surface area contributed by atoms with Gasteiger partial charge >= 0.3 is 5.97 Å². The van der Waals surface area contributed by atoms with Crippen molar-refractivity contribution < 1.29 is 23.9 Å². The van der Waals surface area contributed by atoms with Crippen molar-refractivity contribution in [3.63, 3.8) is 0 Å². The third-order valence-electron chi connectivity index (χ3n) is 8.17. The van der Waals surface area contributed by atoms with Gasteiger partial charge in [-0.15, -0.1) is 0 Å². The van der Waals surface area contributed by atoms with E-state index in [1.54, 1.807) is 4.90 Å². The highest BCUT2D eigenvalue weighted by Crippen LogP contribution is 2.32. The number of allylic oxidation sites excluding steroid dienone is 2. The summed E-state index contributed by atoms with van der Waals surface area (Å²) in [5.74, 6) is 0.945. The van der Waals surface area contributed by atoms with E-state index in [-0.39, 0.29) is 35.8 Å². The van der Waals surface area contributed by atoms with Crippen LogP contribution in [0.15, 0.2) is 11.6 Å². The molecule has 3 aliphatic rings. The third kappa shape index (κ3) is 8.73. The number of esters is 1. The minimum absolute atomic E-state index is 0.0165. The van der Waals surface area contributed by atoms with Crippen molar-refractivity contribution in [3.8, 4) is 0 Å². The predicted molar refractivity (Wildman–Crippen MR) is 137 cm³/mol. The molecule has 0 aromatic carbocycles. The number of cyclic esters (lactones) is 1. The van der Waals surface area contributed by atoms with E-state index in [1.807, 2.05) is 6.92 Å². The zero-order chi connectivity index (χ0) is 25.4. The maximum Gasteiger partial charge on any atom is 0.328 e. The molecule has 198 valence electrons. The lowest BCUT2D eigenvalue weighted by atomic mass is 9.87. The summed E-state index contributed by atoms with van der Waals surface area (Å²) < 4.78 is 12.1. The lowest BCUT2D eigenvalue weighted by molar-refractivity contribution is -0.160. The number of amides is 1. The molecule has 2 fully saturated rings. The average molecular weight is 490 g/mol. The number of nitrogens with zero attached hydrogens (tertiary/aromatic N) is 1. The maximum atomic E-state index is 13.3. The molecular weight excluding hydrogens is 442 g/mol. The predicted octanol–water partition coefficient (Wildman–Crippen LogP) is 5.63. The van der Waals surface area contributed by atoms with Crippen LogP contribution in [0.1, 0.15) is 105 Å². The highest BCUT2D eigenvalue weighted by atomic mass is 16.5. The van der Waals surface area contributed by atoms with Crippen LogP contribution in [0.2, 0.25) is 0 Å². The molecule has 0 N–H and O–H groups in total. The molecule has 0 spiro atoms. The van der Waals surface area contributed by atoms with Crippen molar-refractivity contribution in [1.29, 1.82) is 0 Å². The monoisotopic (exact) mass is 489 g/mol. The van der Waals surface area contributed by atoms with E-state index in [4.69, 9.17) is 9.47 Å². The number of hydrogen-bond acceptors (Lipinski definition) is 5. The Bertz CT molecular complexity index is 762. The van der Waals surface area contributed by atoms with Gasteiger partial charge in [-0.2, -0.15) is 0 Å². The molecule has 6 nitrogen and oxygen atoms in total. The summed E-state index contributed by atoms with van der Waals surface area (Å²) in [6.07, 6.45) is 11.9. The normalized spacial score (nSPS) is 35.4. The molecular formula is C29H47NO5. The van der Waals surface area contributed by atoms with Gasteiger partial charge in [0.2, 0.25) is 5.91 Å². The van der Waals surface area contributed by atoms with Crippen molar-refractivity contribution in [2.75, 3.05) is 13.2 Å². The Morgan fingerprint density at radius 1 is 0.886 bits per heavy atom. The van der Waals surface area contributed by atoms with Crippen LogP contribution in [0.3, 0.4) is 0 Å². The number of Topliss-reactive ketones (excluding diaryl/α,β-unsaturated/α-hetero) is 1. The number of piperidine rings is 1. The minimum atomic E-state index is -0.497. The number of carbonyl (C=O) groups is 3. The molecule has 6 heteroatoms. The van der Waals surface area contributed by atoms with Gasteiger partial charge in [0.1, 0.15) is 11.8 Å². The van der Waals surface area contributed by atoms with Crippen LogP contribution in [-0.2, 0) is 23.9 Å². The van der Waals surface area contributed by atoms with Crippen molar-refractivity contribution in [3.05, 3.63) is 11.6 Å². The summed E-state index contributed by atoms with van der Waals surface area (Å²) in [6, 6.07) is -0.497. The lowest BCUT2D eigenvalue weighted by Gasteiger charge is -2.38. The average Bonchev–Trinajstić information content (AvgIpc) is 2.84. The van der Waals surface area contributed by atoms with Gasteiger partial charge in [-0.3, -0.25) is 9.59 Å². The van der Waals surface area contributed by atoms with Crippen LogP contribution in [-0.4, -0.2) is 54.0 Å². The fourth-order valence-electron chi connectivity index (χ4n) is 5.72. The van der Waals surface area contributed by atoms with E-state index in [9.17, 15) is 14.4 Å². The van der Waals surface area contributed by atoms with Crippen molar-refractivity contribution in [2.45, 2.75) is 123 Å². The molecule has 1 amide bonds. The van der Waals surface area contributed by atoms with Crippen LogP contribution in [0.4, 0.5) is 0 Å². The van der Waals surface area contributed by atoms with Gasteiger partial charge in [0.05, 0.1) is 25.2 Å². The summed E-state index contributed by atoms with van der Waals surface area (Å²) in [5, 5.41) is 0. The van der Waals surface area contributed by atoms with Crippen molar-refractivity contribution in [1.82, 2.24) is 4.90 Å². The fourth-order valence-corrected chi connectivity index (χ4v) is 5.72. The largest absolute Gasteiger partial charge is 0.464 e. The first-order valence-electron chi connectivity index (χ1n) is 14.0. The molecule has 0 aliphatic carbocycles. The van der Waals surface area contributed by atoms with Gasteiger partial charge in [-0.25, -0.2) is 4.79 Å². The van der Waals surface area contributed by atoms with Crippen LogP contribution in [0.5, 0.6) is 0 Å². The lowest BCUT2D eigenvalue weighted by Crippen LogP contribution is -2.50. The summed E-state index contributed by atoms with van der Waals surface area (Å²) in [5.41, 5.74) is 1.28. The second kappa shape index (κ2) is 13.6. The molecule has 6 atom stereocenters. The molecule has 2 bridgehead atoms. The molecule has 35 heavy (non-hydrogen) atoms. The van der Waals surface area contributed by atoms with Crippen LogP contribution < -0.4 is 0 Å². The smallest absolute Gasteiger partial charge is 0.328 e. The van der Waals surface area contributed by atoms with Gasteiger partial charge in [-0.1, -0.05) is 32.4 Å². The van der Waals surface area contributed by atoms with Gasteiger partial charge in [0, 0.05) is 19.4 Å². The first-order valence-corrected chi connectivity index (χ1v) is 14.0. The quantitative estimate of drug-likeness (QED) is 0.326. The van der Waals surface area contributed by atoms with E-state index < -0.39 is 6.04 Å². The van der Waals surface area contributed by atoms with Crippen molar-refractivity contribution >= 4 is 17.7 Å². The maximum absolute atomic E-state index is 13.3. The van der Waals surface area contributed by atoms with Crippen LogP contribution in [0.25, 0.3) is 0 Å². The Kier molecular flexibility index (Phi) is 10.8. The fraction of sp³-hybridized carbons (Fsp3) is 0.828. The molecule has 2 saturated heterocycles. The highest BCUT2D eigenvalue weighted by molar-refractivity contribution is 5.85. The van der Waals surface area contributed by atoms with Gasteiger partial charge < -0.3 is 14.4 Å². The van der Waals surface area contributed by atoms with E-state index >= 15 is 0 Å². The Morgan fingerprint density at radius 3 is 2.46 bits per heavy atom. The van der Waals surface area contributed by atoms with Crippen LogP contribution in [0, 0.1) is 17.8 Å². The molecule has 0 saturated carbocycles. The number of hydrogen-bond donors (Lipinski definition) is 0. The zero-order valence-corrected chi connectivity index (χ0v) is 22.4. The number of ether oxygens (including phenoxy) is 2. The molecule has 0 aromatic rings. The first-order chi connectivity index (χ1) is 16.7. The van der Waals surface area contributed by atoms with Crippen LogP contribution >= 0.6 is 0 Å². The SMILES string of the molecule is CC1=CCC(=O)CCC(C)COC(=O)C2CCCCN2C(=O)CC2OC(CCC(C)C1)CCC2C. The molecule has 3 rings (SSSR count). The summed E-state index contributed by atoms with van der Waals surface area (Å²) in [4.78, 5) is 40.4.